The molecule has 0 spiro atoms. The summed E-state index contributed by atoms with van der Waals surface area (Å²) in [5.41, 5.74) is -1.20. The molecule has 21 heavy (non-hydrogen) atoms. The summed E-state index contributed by atoms with van der Waals surface area (Å²) in [6.45, 7) is 0. The molecule has 1 aromatic rings. The van der Waals surface area contributed by atoms with Gasteiger partial charge in [-0.1, -0.05) is 0 Å². The van der Waals surface area contributed by atoms with E-state index in [0.717, 1.165) is 0 Å². The molecule has 1 fully saturated rings. The number of benzene rings is 1. The molecule has 0 amide bonds. The quantitative estimate of drug-likeness (QED) is 0.777. The summed E-state index contributed by atoms with van der Waals surface area (Å²) >= 11 is 0. The van der Waals surface area contributed by atoms with Crippen LogP contribution >= 0.6 is 0 Å². The van der Waals surface area contributed by atoms with Crippen molar-refractivity contribution in [1.29, 1.82) is 0 Å². The minimum absolute atomic E-state index is 0.0947. The Kier molecular flexibility index (Phi) is 4.02. The van der Waals surface area contributed by atoms with Crippen molar-refractivity contribution in [3.8, 4) is 0 Å². The lowest BCUT2D eigenvalue weighted by atomic mass is 9.78. The van der Waals surface area contributed by atoms with Crippen molar-refractivity contribution in [2.45, 2.75) is 29.7 Å². The standard InChI is InChI=1S/C13H15NO6S/c1-20-11(15)9-3-5-10(6-4-9)21(18,19)14-13(12(16)17)7-2-8-13/h3-6,14H,2,7-8H2,1H3,(H,16,17). The normalized spacial score (nSPS) is 16.8. The van der Waals surface area contributed by atoms with Gasteiger partial charge in [-0.2, -0.15) is 4.72 Å². The third kappa shape index (κ3) is 2.91. The van der Waals surface area contributed by atoms with E-state index in [4.69, 9.17) is 5.11 Å². The number of aliphatic carboxylic acids is 1. The number of carbonyl (C=O) groups is 2. The summed E-state index contributed by atoms with van der Waals surface area (Å²) in [4.78, 5) is 22.4. The van der Waals surface area contributed by atoms with Gasteiger partial charge in [-0.15, -0.1) is 0 Å². The highest BCUT2D eigenvalue weighted by Crippen LogP contribution is 2.33. The van der Waals surface area contributed by atoms with Crippen molar-refractivity contribution in [3.05, 3.63) is 29.8 Å². The minimum Gasteiger partial charge on any atom is -0.480 e. The Morgan fingerprint density at radius 1 is 1.24 bits per heavy atom. The Bertz CT molecular complexity index is 660. The zero-order chi connectivity index (χ0) is 15.7. The Labute approximate surface area is 122 Å². The molecule has 0 aliphatic heterocycles. The van der Waals surface area contributed by atoms with Crippen molar-refractivity contribution in [2.75, 3.05) is 7.11 Å². The Morgan fingerprint density at radius 2 is 1.81 bits per heavy atom. The second-order valence-corrected chi connectivity index (χ2v) is 6.54. The number of hydrogen-bond donors (Lipinski definition) is 2. The van der Waals surface area contributed by atoms with E-state index in [0.29, 0.717) is 6.42 Å². The lowest BCUT2D eigenvalue weighted by Crippen LogP contribution is -2.58. The van der Waals surface area contributed by atoms with Crippen LogP contribution in [0.25, 0.3) is 0 Å². The van der Waals surface area contributed by atoms with Crippen molar-refractivity contribution in [3.63, 3.8) is 0 Å². The molecule has 0 saturated heterocycles. The van der Waals surface area contributed by atoms with Gasteiger partial charge in [-0.05, 0) is 43.5 Å². The van der Waals surface area contributed by atoms with Crippen LogP contribution in [0.2, 0.25) is 0 Å². The number of esters is 1. The predicted octanol–water partition coefficient (Wildman–Crippen LogP) is 0.759. The Hall–Kier alpha value is -1.93. The van der Waals surface area contributed by atoms with Crippen LogP contribution in [0, 0.1) is 0 Å². The van der Waals surface area contributed by atoms with E-state index in [1.54, 1.807) is 0 Å². The van der Waals surface area contributed by atoms with Crippen LogP contribution in [0.5, 0.6) is 0 Å². The molecule has 0 unspecified atom stereocenters. The average molecular weight is 313 g/mol. The van der Waals surface area contributed by atoms with Crippen LogP contribution in [0.3, 0.4) is 0 Å². The summed E-state index contributed by atoms with van der Waals surface area (Å²) in [6.07, 6.45) is 1.19. The van der Waals surface area contributed by atoms with Crippen LogP contribution in [-0.4, -0.2) is 38.1 Å². The van der Waals surface area contributed by atoms with Crippen molar-refractivity contribution in [1.82, 2.24) is 4.72 Å². The zero-order valence-electron chi connectivity index (χ0n) is 11.3. The molecule has 1 aliphatic carbocycles. The first-order chi connectivity index (χ1) is 9.81. The van der Waals surface area contributed by atoms with Gasteiger partial charge < -0.3 is 9.84 Å². The van der Waals surface area contributed by atoms with Crippen LogP contribution < -0.4 is 4.72 Å². The largest absolute Gasteiger partial charge is 0.480 e. The molecule has 7 nitrogen and oxygen atoms in total. The summed E-state index contributed by atoms with van der Waals surface area (Å²) < 4.78 is 31.2. The first kappa shape index (κ1) is 15.5. The molecule has 1 aromatic carbocycles. The maximum absolute atomic E-state index is 12.2. The molecular weight excluding hydrogens is 298 g/mol. The van der Waals surface area contributed by atoms with Crippen LogP contribution in [-0.2, 0) is 19.6 Å². The molecular formula is C13H15NO6S. The third-order valence-corrected chi connectivity index (χ3v) is 5.08. The number of carboxylic acid groups (broad SMARTS) is 1. The molecule has 2 rings (SSSR count). The van der Waals surface area contributed by atoms with E-state index >= 15 is 0 Å². The molecule has 0 atom stereocenters. The van der Waals surface area contributed by atoms with E-state index in [2.05, 4.69) is 9.46 Å². The molecule has 2 N–H and O–H groups in total. The SMILES string of the molecule is COC(=O)c1ccc(S(=O)(=O)NC2(C(=O)O)CCC2)cc1. The van der Waals surface area contributed by atoms with Gasteiger partial charge in [-0.25, -0.2) is 13.2 Å². The van der Waals surface area contributed by atoms with Gasteiger partial charge >= 0.3 is 11.9 Å². The number of rotatable bonds is 5. The Balaban J connectivity index is 2.24. The number of methoxy groups -OCH3 is 1. The number of carboxylic acids is 1. The molecule has 1 saturated carbocycles. The molecule has 0 bridgehead atoms. The number of ether oxygens (including phenoxy) is 1. The van der Waals surface area contributed by atoms with E-state index in [1.165, 1.54) is 31.4 Å². The van der Waals surface area contributed by atoms with Crippen LogP contribution in [0.4, 0.5) is 0 Å². The fourth-order valence-corrected chi connectivity index (χ4v) is 3.51. The minimum atomic E-state index is -3.96. The second-order valence-electron chi connectivity index (χ2n) is 4.86. The van der Waals surface area contributed by atoms with Crippen molar-refractivity contribution >= 4 is 22.0 Å². The van der Waals surface area contributed by atoms with Gasteiger partial charge in [-0.3, -0.25) is 4.79 Å². The molecule has 1 aliphatic rings. The van der Waals surface area contributed by atoms with Crippen LogP contribution in [0.1, 0.15) is 29.6 Å². The summed E-state index contributed by atoms with van der Waals surface area (Å²) in [6, 6.07) is 5.11. The molecule has 0 heterocycles. The first-order valence-corrected chi connectivity index (χ1v) is 7.75. The van der Waals surface area contributed by atoms with E-state index in [9.17, 15) is 18.0 Å². The van der Waals surface area contributed by atoms with Gasteiger partial charge in [0.25, 0.3) is 0 Å². The third-order valence-electron chi connectivity index (χ3n) is 3.53. The first-order valence-electron chi connectivity index (χ1n) is 6.26. The fraction of sp³-hybridized carbons (Fsp3) is 0.385. The fourth-order valence-electron chi connectivity index (χ4n) is 2.09. The van der Waals surface area contributed by atoms with E-state index in [1.807, 2.05) is 0 Å². The molecule has 0 aromatic heterocycles. The summed E-state index contributed by atoms with van der Waals surface area (Å²) in [5.74, 6) is -1.75. The lowest BCUT2D eigenvalue weighted by molar-refractivity contribution is -0.147. The molecule has 114 valence electrons. The van der Waals surface area contributed by atoms with Crippen molar-refractivity contribution < 1.29 is 27.9 Å². The van der Waals surface area contributed by atoms with Crippen LogP contribution in [0.15, 0.2) is 29.2 Å². The average Bonchev–Trinajstić information content (AvgIpc) is 2.42. The maximum atomic E-state index is 12.2. The Morgan fingerprint density at radius 3 is 2.19 bits per heavy atom. The topological polar surface area (TPSA) is 110 Å². The monoisotopic (exact) mass is 313 g/mol. The number of hydrogen-bond acceptors (Lipinski definition) is 5. The maximum Gasteiger partial charge on any atom is 0.337 e. The summed E-state index contributed by atoms with van der Waals surface area (Å²) in [5, 5.41) is 9.15. The highest BCUT2D eigenvalue weighted by Gasteiger charge is 2.47. The second kappa shape index (κ2) is 5.45. The predicted molar refractivity (Wildman–Crippen MR) is 72.3 cm³/mol. The smallest absolute Gasteiger partial charge is 0.337 e. The highest BCUT2D eigenvalue weighted by atomic mass is 32.2. The van der Waals surface area contributed by atoms with Gasteiger partial charge in [0.05, 0.1) is 17.6 Å². The summed E-state index contributed by atoms with van der Waals surface area (Å²) in [7, 11) is -2.73. The van der Waals surface area contributed by atoms with Gasteiger partial charge in [0.15, 0.2) is 0 Å². The molecule has 0 radical (unpaired) electrons. The number of carbonyl (C=O) groups excluding carboxylic acids is 1. The number of nitrogens with one attached hydrogen (secondary N) is 1. The van der Waals surface area contributed by atoms with E-state index < -0.39 is 27.5 Å². The van der Waals surface area contributed by atoms with Gasteiger partial charge in [0, 0.05) is 0 Å². The lowest BCUT2D eigenvalue weighted by Gasteiger charge is -2.37. The van der Waals surface area contributed by atoms with Gasteiger partial charge in [0.2, 0.25) is 10.0 Å². The molecule has 8 heteroatoms. The zero-order valence-corrected chi connectivity index (χ0v) is 12.1. The van der Waals surface area contributed by atoms with Gasteiger partial charge in [0.1, 0.15) is 5.54 Å². The van der Waals surface area contributed by atoms with Crippen molar-refractivity contribution in [2.24, 2.45) is 0 Å². The highest BCUT2D eigenvalue weighted by molar-refractivity contribution is 7.89. The number of sulfonamides is 1. The van der Waals surface area contributed by atoms with E-state index in [-0.39, 0.29) is 23.3 Å².